The molecule has 0 aromatic rings. The van der Waals surface area contributed by atoms with E-state index < -0.39 is 24.3 Å². The van der Waals surface area contributed by atoms with Crippen molar-refractivity contribution < 1.29 is 26.3 Å². The minimum absolute atomic E-state index is 0.0824. The Balaban J connectivity index is 2.50. The molecule has 0 saturated carbocycles. The van der Waals surface area contributed by atoms with Crippen molar-refractivity contribution in [3.63, 3.8) is 0 Å². The molecule has 1 aliphatic heterocycles. The number of rotatable bonds is 9. The highest BCUT2D eigenvalue weighted by Crippen LogP contribution is 2.19. The van der Waals surface area contributed by atoms with Crippen LogP contribution in [0.5, 0.6) is 0 Å². The van der Waals surface area contributed by atoms with Crippen LogP contribution in [0.4, 0.5) is 0 Å². The summed E-state index contributed by atoms with van der Waals surface area (Å²) in [4.78, 5) is 0. The molecule has 1 aliphatic rings. The van der Waals surface area contributed by atoms with Gasteiger partial charge in [0.15, 0.2) is 30.5 Å². The van der Waals surface area contributed by atoms with Gasteiger partial charge in [0.2, 0.25) is 0 Å². The standard InChI is InChI=1S/C13H26O6S2/c1-3-20(14,15)13(21(16,17)4-2)9-7-11-19-12-8-5-6-10-18-12/h12-13H,3-11H2,1-2H3/t12-/m0/s1. The van der Waals surface area contributed by atoms with Crippen LogP contribution in [0.15, 0.2) is 0 Å². The lowest BCUT2D eigenvalue weighted by Gasteiger charge is -2.23. The first-order valence-electron chi connectivity index (χ1n) is 7.49. The van der Waals surface area contributed by atoms with Crippen LogP contribution in [0.3, 0.4) is 0 Å². The van der Waals surface area contributed by atoms with Crippen LogP contribution >= 0.6 is 0 Å². The van der Waals surface area contributed by atoms with Gasteiger partial charge in [-0.3, -0.25) is 0 Å². The smallest absolute Gasteiger partial charge is 0.167 e. The average Bonchev–Trinajstić information content (AvgIpc) is 2.47. The van der Waals surface area contributed by atoms with Gasteiger partial charge in [0.1, 0.15) is 0 Å². The van der Waals surface area contributed by atoms with Gasteiger partial charge >= 0.3 is 0 Å². The summed E-state index contributed by atoms with van der Waals surface area (Å²) in [5.41, 5.74) is 0. The van der Waals surface area contributed by atoms with Gasteiger partial charge in [-0.05, 0) is 32.1 Å². The van der Waals surface area contributed by atoms with Gasteiger partial charge in [-0.15, -0.1) is 0 Å². The van der Waals surface area contributed by atoms with Crippen molar-refractivity contribution in [2.75, 3.05) is 24.7 Å². The number of hydrogen-bond donors (Lipinski definition) is 0. The molecule has 1 rings (SSSR count). The number of hydrogen-bond acceptors (Lipinski definition) is 6. The fraction of sp³-hybridized carbons (Fsp3) is 1.00. The fourth-order valence-corrected chi connectivity index (χ4v) is 6.66. The summed E-state index contributed by atoms with van der Waals surface area (Å²) in [7, 11) is -7.22. The van der Waals surface area contributed by atoms with Crippen molar-refractivity contribution >= 4 is 19.7 Å². The molecule has 0 aromatic carbocycles. The molecule has 1 fully saturated rings. The van der Waals surface area contributed by atoms with E-state index in [0.717, 1.165) is 19.3 Å². The summed E-state index contributed by atoms with van der Waals surface area (Å²) in [6.45, 7) is 3.95. The molecule has 126 valence electrons. The Bertz CT molecular complexity index is 457. The normalized spacial score (nSPS) is 20.8. The zero-order valence-electron chi connectivity index (χ0n) is 12.8. The predicted octanol–water partition coefficient (Wildman–Crippen LogP) is 1.51. The van der Waals surface area contributed by atoms with Crippen molar-refractivity contribution in [2.24, 2.45) is 0 Å². The highest BCUT2D eigenvalue weighted by molar-refractivity contribution is 8.09. The molecular formula is C13H26O6S2. The Morgan fingerprint density at radius 2 is 1.71 bits per heavy atom. The highest BCUT2D eigenvalue weighted by atomic mass is 32.3. The first-order valence-corrected chi connectivity index (χ1v) is 10.9. The first kappa shape index (κ1) is 18.9. The van der Waals surface area contributed by atoms with E-state index in [1.807, 2.05) is 0 Å². The molecular weight excluding hydrogens is 316 g/mol. The fourth-order valence-electron chi connectivity index (χ4n) is 2.26. The molecule has 1 saturated heterocycles. The van der Waals surface area contributed by atoms with Crippen LogP contribution in [-0.2, 0) is 29.1 Å². The molecule has 0 spiro atoms. The second kappa shape index (κ2) is 8.45. The molecule has 0 aliphatic carbocycles. The molecule has 0 unspecified atom stereocenters. The molecule has 0 amide bonds. The summed E-state index contributed by atoms with van der Waals surface area (Å²) >= 11 is 0. The predicted molar refractivity (Wildman–Crippen MR) is 81.5 cm³/mol. The molecule has 8 heteroatoms. The van der Waals surface area contributed by atoms with Gasteiger partial charge in [0, 0.05) is 24.7 Å². The van der Waals surface area contributed by atoms with Crippen LogP contribution in [0.25, 0.3) is 0 Å². The highest BCUT2D eigenvalue weighted by Gasteiger charge is 2.34. The summed E-state index contributed by atoms with van der Waals surface area (Å²) in [6.07, 6.45) is 3.17. The van der Waals surface area contributed by atoms with Crippen molar-refractivity contribution in [3.05, 3.63) is 0 Å². The third-order valence-corrected chi connectivity index (χ3v) is 9.07. The summed E-state index contributed by atoms with van der Waals surface area (Å²) < 4.78 is 57.4. The van der Waals surface area contributed by atoms with Gasteiger partial charge in [-0.2, -0.15) is 0 Å². The Hall–Kier alpha value is -0.180. The van der Waals surface area contributed by atoms with Crippen molar-refractivity contribution in [2.45, 2.75) is 56.8 Å². The van der Waals surface area contributed by atoms with Gasteiger partial charge in [0.05, 0.1) is 0 Å². The Kier molecular flexibility index (Phi) is 7.59. The number of ether oxygens (including phenoxy) is 2. The number of sulfone groups is 2. The van der Waals surface area contributed by atoms with E-state index in [4.69, 9.17) is 9.47 Å². The zero-order valence-corrected chi connectivity index (χ0v) is 14.4. The van der Waals surface area contributed by atoms with E-state index >= 15 is 0 Å². The lowest BCUT2D eigenvalue weighted by Crippen LogP contribution is -2.33. The average molecular weight is 342 g/mol. The van der Waals surface area contributed by atoms with Crippen molar-refractivity contribution in [1.82, 2.24) is 0 Å². The molecule has 0 aromatic heterocycles. The molecule has 6 nitrogen and oxygen atoms in total. The Labute approximate surface area is 128 Å². The van der Waals surface area contributed by atoms with Crippen LogP contribution in [0.1, 0.15) is 46.0 Å². The van der Waals surface area contributed by atoms with Crippen LogP contribution < -0.4 is 0 Å². The lowest BCUT2D eigenvalue weighted by molar-refractivity contribution is -0.162. The zero-order chi connectivity index (χ0) is 15.9. The topological polar surface area (TPSA) is 86.7 Å². The van der Waals surface area contributed by atoms with Gasteiger partial charge in [0.25, 0.3) is 0 Å². The van der Waals surface area contributed by atoms with E-state index in [1.165, 1.54) is 13.8 Å². The van der Waals surface area contributed by atoms with E-state index in [9.17, 15) is 16.8 Å². The van der Waals surface area contributed by atoms with Gasteiger partial charge < -0.3 is 9.47 Å². The quantitative estimate of drug-likeness (QED) is 0.590. The minimum atomic E-state index is -3.61. The van der Waals surface area contributed by atoms with E-state index in [1.54, 1.807) is 0 Å². The second-order valence-corrected chi connectivity index (χ2v) is 10.4. The SMILES string of the molecule is CCS(=O)(=O)C(CCCO[C@H]1CCCCO1)S(=O)(=O)CC. The monoisotopic (exact) mass is 342 g/mol. The van der Waals surface area contributed by atoms with E-state index in [2.05, 4.69) is 0 Å². The summed E-state index contributed by atoms with van der Waals surface area (Å²) in [5, 5.41) is 0. The summed E-state index contributed by atoms with van der Waals surface area (Å²) in [6, 6.07) is 0. The van der Waals surface area contributed by atoms with E-state index in [-0.39, 0.29) is 24.2 Å². The van der Waals surface area contributed by atoms with Crippen LogP contribution in [0.2, 0.25) is 0 Å². The maximum atomic E-state index is 12.0. The first-order chi connectivity index (χ1) is 9.83. The molecule has 0 N–H and O–H groups in total. The van der Waals surface area contributed by atoms with Crippen molar-refractivity contribution in [1.29, 1.82) is 0 Å². The third kappa shape index (κ3) is 5.84. The van der Waals surface area contributed by atoms with Gasteiger partial charge in [-0.1, -0.05) is 13.8 Å². The Morgan fingerprint density at radius 1 is 1.10 bits per heavy atom. The summed E-state index contributed by atoms with van der Waals surface area (Å²) in [5.74, 6) is -0.326. The third-order valence-electron chi connectivity index (χ3n) is 3.63. The molecule has 0 radical (unpaired) electrons. The van der Waals surface area contributed by atoms with E-state index in [0.29, 0.717) is 19.6 Å². The second-order valence-electron chi connectivity index (χ2n) is 5.14. The molecule has 21 heavy (non-hydrogen) atoms. The van der Waals surface area contributed by atoms with Crippen LogP contribution in [-0.4, -0.2) is 52.4 Å². The Morgan fingerprint density at radius 3 is 2.19 bits per heavy atom. The molecule has 1 atom stereocenters. The largest absolute Gasteiger partial charge is 0.353 e. The maximum absolute atomic E-state index is 12.0. The molecule has 0 bridgehead atoms. The van der Waals surface area contributed by atoms with Gasteiger partial charge in [-0.25, -0.2) is 16.8 Å². The maximum Gasteiger partial charge on any atom is 0.167 e. The lowest BCUT2D eigenvalue weighted by atomic mass is 10.2. The van der Waals surface area contributed by atoms with Crippen molar-refractivity contribution in [3.8, 4) is 0 Å². The van der Waals surface area contributed by atoms with Crippen LogP contribution in [0, 0.1) is 0 Å². The molecule has 1 heterocycles. The minimum Gasteiger partial charge on any atom is -0.353 e.